The van der Waals surface area contributed by atoms with Crippen LogP contribution in [-0.2, 0) is 6.54 Å². The summed E-state index contributed by atoms with van der Waals surface area (Å²) in [6.45, 7) is 3.39. The van der Waals surface area contributed by atoms with Crippen molar-refractivity contribution < 1.29 is 9.18 Å². The van der Waals surface area contributed by atoms with Crippen molar-refractivity contribution in [2.45, 2.75) is 13.0 Å². The monoisotopic (exact) mass is 317 g/mol. The number of H-pyrrole nitrogens is 1. The van der Waals surface area contributed by atoms with E-state index >= 15 is 0 Å². The summed E-state index contributed by atoms with van der Waals surface area (Å²) in [5.74, 6) is 1.08. The Hall–Kier alpha value is -2.41. The molecule has 1 aliphatic heterocycles. The Morgan fingerprint density at radius 2 is 2.22 bits per heavy atom. The van der Waals surface area contributed by atoms with Crippen molar-refractivity contribution in [3.63, 3.8) is 0 Å². The van der Waals surface area contributed by atoms with E-state index in [-0.39, 0.29) is 11.8 Å². The molecule has 1 aliphatic rings. The third-order valence-corrected chi connectivity index (χ3v) is 3.95. The molecule has 0 radical (unpaired) electrons. The van der Waals surface area contributed by atoms with E-state index in [0.717, 1.165) is 31.9 Å². The van der Waals surface area contributed by atoms with Gasteiger partial charge in [-0.15, -0.1) is 0 Å². The van der Waals surface area contributed by atoms with Crippen LogP contribution in [0.3, 0.4) is 0 Å². The number of anilines is 1. The molecule has 2 heterocycles. The van der Waals surface area contributed by atoms with E-state index < -0.39 is 0 Å². The maximum absolute atomic E-state index is 12.8. The van der Waals surface area contributed by atoms with Crippen LogP contribution in [0.2, 0.25) is 0 Å². The van der Waals surface area contributed by atoms with Gasteiger partial charge in [0.1, 0.15) is 11.6 Å². The van der Waals surface area contributed by atoms with Crippen LogP contribution in [0.4, 0.5) is 14.9 Å². The molecule has 1 atom stereocenters. The Balaban J connectivity index is 1.38. The molecule has 0 saturated carbocycles. The molecule has 2 amide bonds. The van der Waals surface area contributed by atoms with Crippen molar-refractivity contribution in [3.8, 4) is 0 Å². The lowest BCUT2D eigenvalue weighted by Gasteiger charge is -2.15. The molecule has 0 spiro atoms. The molecular formula is C16H20FN5O. The van der Waals surface area contributed by atoms with Crippen LogP contribution in [0, 0.1) is 11.7 Å². The smallest absolute Gasteiger partial charge is 0.319 e. The molecule has 3 rings (SSSR count). The average Bonchev–Trinajstić information content (AvgIpc) is 3.20. The van der Waals surface area contributed by atoms with E-state index in [1.165, 1.54) is 24.3 Å². The van der Waals surface area contributed by atoms with Crippen LogP contribution in [0.5, 0.6) is 0 Å². The van der Waals surface area contributed by atoms with Crippen molar-refractivity contribution >= 4 is 11.7 Å². The Bertz CT molecular complexity index is 628. The topological polar surface area (TPSA) is 73.0 Å². The first-order chi connectivity index (χ1) is 11.2. The van der Waals surface area contributed by atoms with Gasteiger partial charge < -0.3 is 15.6 Å². The van der Waals surface area contributed by atoms with Gasteiger partial charge in [0.2, 0.25) is 0 Å². The molecule has 1 saturated heterocycles. The second-order valence-corrected chi connectivity index (χ2v) is 5.77. The number of benzene rings is 1. The van der Waals surface area contributed by atoms with E-state index in [2.05, 4.69) is 25.5 Å². The molecule has 0 aliphatic carbocycles. The zero-order valence-electron chi connectivity index (χ0n) is 12.8. The first-order valence-electron chi connectivity index (χ1n) is 7.70. The number of halogens is 1. The SMILES string of the molecule is O=C(NC[C@@H]1CCN(Cc2ncc[nH]2)C1)Nc1ccc(F)cc1. The normalized spacial score (nSPS) is 18.0. The lowest BCUT2D eigenvalue weighted by Crippen LogP contribution is -2.34. The highest BCUT2D eigenvalue weighted by molar-refractivity contribution is 5.89. The predicted molar refractivity (Wildman–Crippen MR) is 85.4 cm³/mol. The summed E-state index contributed by atoms with van der Waals surface area (Å²) in [5.41, 5.74) is 0.578. The summed E-state index contributed by atoms with van der Waals surface area (Å²) in [6.07, 6.45) is 4.63. The molecule has 6 nitrogen and oxygen atoms in total. The predicted octanol–water partition coefficient (Wildman–Crippen LogP) is 2.19. The lowest BCUT2D eigenvalue weighted by molar-refractivity contribution is 0.249. The molecule has 122 valence electrons. The lowest BCUT2D eigenvalue weighted by atomic mass is 10.1. The molecular weight excluding hydrogens is 297 g/mol. The molecule has 3 N–H and O–H groups in total. The number of nitrogens with one attached hydrogen (secondary N) is 3. The zero-order valence-corrected chi connectivity index (χ0v) is 12.8. The molecule has 0 bridgehead atoms. The second-order valence-electron chi connectivity index (χ2n) is 5.77. The van der Waals surface area contributed by atoms with Crippen LogP contribution in [0.1, 0.15) is 12.2 Å². The largest absolute Gasteiger partial charge is 0.348 e. The Morgan fingerprint density at radius 1 is 1.39 bits per heavy atom. The fourth-order valence-electron chi connectivity index (χ4n) is 2.76. The van der Waals surface area contributed by atoms with Crippen LogP contribution >= 0.6 is 0 Å². The van der Waals surface area contributed by atoms with Crippen LogP contribution in [0.25, 0.3) is 0 Å². The van der Waals surface area contributed by atoms with Crippen molar-refractivity contribution in [1.82, 2.24) is 20.2 Å². The highest BCUT2D eigenvalue weighted by Crippen LogP contribution is 2.17. The summed E-state index contributed by atoms with van der Waals surface area (Å²) in [6, 6.07) is 5.45. The van der Waals surface area contributed by atoms with E-state index in [1.807, 2.05) is 6.20 Å². The third kappa shape index (κ3) is 4.53. The fraction of sp³-hybridized carbons (Fsp3) is 0.375. The minimum absolute atomic E-state index is 0.263. The second kappa shape index (κ2) is 7.23. The minimum atomic E-state index is -0.321. The molecule has 0 unspecified atom stereocenters. The van der Waals surface area contributed by atoms with Gasteiger partial charge in [0, 0.05) is 31.2 Å². The summed E-state index contributed by atoms with van der Waals surface area (Å²) in [7, 11) is 0. The number of aromatic nitrogens is 2. The van der Waals surface area contributed by atoms with Gasteiger partial charge in [0.05, 0.1) is 6.54 Å². The highest BCUT2D eigenvalue weighted by atomic mass is 19.1. The van der Waals surface area contributed by atoms with Crippen molar-refractivity contribution in [1.29, 1.82) is 0 Å². The molecule has 1 aromatic heterocycles. The number of carbonyl (C=O) groups is 1. The van der Waals surface area contributed by atoms with Crippen LogP contribution < -0.4 is 10.6 Å². The standard InChI is InChI=1S/C16H20FN5O/c17-13-1-3-14(4-2-13)21-16(23)20-9-12-5-8-22(10-12)11-15-18-6-7-19-15/h1-4,6-7,12H,5,8-11H2,(H,18,19)(H2,20,21,23)/t12-/m0/s1. The number of rotatable bonds is 5. The van der Waals surface area contributed by atoms with Gasteiger partial charge in [-0.2, -0.15) is 0 Å². The number of likely N-dealkylation sites (tertiary alicyclic amines) is 1. The van der Waals surface area contributed by atoms with Gasteiger partial charge in [0.25, 0.3) is 0 Å². The average molecular weight is 317 g/mol. The van der Waals surface area contributed by atoms with Gasteiger partial charge in [-0.1, -0.05) is 0 Å². The maximum Gasteiger partial charge on any atom is 0.319 e. The summed E-state index contributed by atoms with van der Waals surface area (Å²) in [4.78, 5) is 21.5. The summed E-state index contributed by atoms with van der Waals surface area (Å²) < 4.78 is 12.8. The van der Waals surface area contributed by atoms with Gasteiger partial charge in [-0.25, -0.2) is 14.2 Å². The summed E-state index contributed by atoms with van der Waals surface area (Å²) in [5, 5.41) is 5.57. The maximum atomic E-state index is 12.8. The number of urea groups is 1. The van der Waals surface area contributed by atoms with Crippen molar-refractivity contribution in [3.05, 3.63) is 48.3 Å². The first-order valence-corrected chi connectivity index (χ1v) is 7.70. The number of hydrogen-bond donors (Lipinski definition) is 3. The van der Waals surface area contributed by atoms with E-state index in [9.17, 15) is 9.18 Å². The van der Waals surface area contributed by atoms with Crippen molar-refractivity contribution in [2.24, 2.45) is 5.92 Å². The molecule has 23 heavy (non-hydrogen) atoms. The highest BCUT2D eigenvalue weighted by Gasteiger charge is 2.23. The molecule has 1 fully saturated rings. The van der Waals surface area contributed by atoms with Gasteiger partial charge >= 0.3 is 6.03 Å². The van der Waals surface area contributed by atoms with E-state index in [1.54, 1.807) is 6.20 Å². The minimum Gasteiger partial charge on any atom is -0.348 e. The molecule has 1 aromatic carbocycles. The number of imidazole rings is 1. The number of amides is 2. The zero-order chi connectivity index (χ0) is 16.1. The summed E-state index contributed by atoms with van der Waals surface area (Å²) >= 11 is 0. The molecule has 7 heteroatoms. The Kier molecular flexibility index (Phi) is 4.87. The first kappa shape index (κ1) is 15.5. The Morgan fingerprint density at radius 3 is 2.96 bits per heavy atom. The number of nitrogens with zero attached hydrogens (tertiary/aromatic N) is 2. The van der Waals surface area contributed by atoms with Gasteiger partial charge in [0.15, 0.2) is 0 Å². The van der Waals surface area contributed by atoms with Crippen LogP contribution in [0.15, 0.2) is 36.7 Å². The van der Waals surface area contributed by atoms with Crippen molar-refractivity contribution in [2.75, 3.05) is 25.0 Å². The number of hydrogen-bond acceptors (Lipinski definition) is 3. The fourth-order valence-corrected chi connectivity index (χ4v) is 2.76. The molecule has 2 aromatic rings. The van der Waals surface area contributed by atoms with E-state index in [0.29, 0.717) is 18.2 Å². The van der Waals surface area contributed by atoms with E-state index in [4.69, 9.17) is 0 Å². The number of aromatic amines is 1. The van der Waals surface area contributed by atoms with Gasteiger partial charge in [-0.05, 0) is 43.1 Å². The Labute approximate surface area is 134 Å². The van der Waals surface area contributed by atoms with Gasteiger partial charge in [-0.3, -0.25) is 4.90 Å². The quantitative estimate of drug-likeness (QED) is 0.791. The third-order valence-electron chi connectivity index (χ3n) is 3.95. The number of carbonyl (C=O) groups excluding carboxylic acids is 1. The van der Waals surface area contributed by atoms with Crippen LogP contribution in [-0.4, -0.2) is 40.5 Å².